The van der Waals surface area contributed by atoms with Crippen molar-refractivity contribution in [2.45, 2.75) is 39.5 Å². The van der Waals surface area contributed by atoms with E-state index < -0.39 is 0 Å². The number of benzene rings is 1. The molecule has 1 aromatic carbocycles. The second kappa shape index (κ2) is 8.70. The van der Waals surface area contributed by atoms with Gasteiger partial charge in [-0.05, 0) is 25.3 Å². The van der Waals surface area contributed by atoms with Crippen LogP contribution in [0.25, 0.3) is 0 Å². The summed E-state index contributed by atoms with van der Waals surface area (Å²) in [5.41, 5.74) is 2.43. The highest BCUT2D eigenvalue weighted by Crippen LogP contribution is 2.08. The third kappa shape index (κ3) is 5.88. The molecule has 0 fully saturated rings. The molecule has 0 spiro atoms. The van der Waals surface area contributed by atoms with E-state index in [1.54, 1.807) is 4.90 Å². The van der Waals surface area contributed by atoms with Crippen LogP contribution in [0.15, 0.2) is 24.3 Å². The van der Waals surface area contributed by atoms with Gasteiger partial charge in [0.25, 0.3) is 0 Å². The molecule has 3 nitrogen and oxygen atoms in total. The summed E-state index contributed by atoms with van der Waals surface area (Å²) in [4.78, 5) is 13.9. The Bertz CT molecular complexity index is 390. The van der Waals surface area contributed by atoms with Crippen molar-refractivity contribution in [2.75, 3.05) is 19.7 Å². The van der Waals surface area contributed by atoms with Crippen LogP contribution in [0.2, 0.25) is 0 Å². The molecule has 0 unspecified atom stereocenters. The first-order valence-electron chi connectivity index (χ1n) is 7.11. The van der Waals surface area contributed by atoms with Gasteiger partial charge in [-0.25, -0.2) is 0 Å². The van der Waals surface area contributed by atoms with E-state index in [1.807, 2.05) is 6.07 Å². The fourth-order valence-electron chi connectivity index (χ4n) is 2.11. The van der Waals surface area contributed by atoms with Crippen LogP contribution in [-0.2, 0) is 11.2 Å². The molecule has 3 heteroatoms. The Balaban J connectivity index is 2.47. The van der Waals surface area contributed by atoms with Crippen LogP contribution in [0, 0.1) is 6.92 Å². The highest BCUT2D eigenvalue weighted by atomic mass is 16.3. The molecule has 1 N–H and O–H groups in total. The Morgan fingerprint density at radius 3 is 2.74 bits per heavy atom. The Morgan fingerprint density at radius 2 is 2.11 bits per heavy atom. The number of carbonyl (C=O) groups is 1. The van der Waals surface area contributed by atoms with Gasteiger partial charge in [-0.1, -0.05) is 43.2 Å². The maximum absolute atomic E-state index is 12.1. The lowest BCUT2D eigenvalue weighted by atomic mass is 10.1. The topological polar surface area (TPSA) is 40.5 Å². The lowest BCUT2D eigenvalue weighted by Gasteiger charge is -2.21. The van der Waals surface area contributed by atoms with Crippen molar-refractivity contribution in [1.82, 2.24) is 4.90 Å². The van der Waals surface area contributed by atoms with Crippen LogP contribution in [0.4, 0.5) is 0 Å². The van der Waals surface area contributed by atoms with Crippen molar-refractivity contribution in [3.05, 3.63) is 35.4 Å². The van der Waals surface area contributed by atoms with Gasteiger partial charge >= 0.3 is 0 Å². The van der Waals surface area contributed by atoms with Crippen molar-refractivity contribution in [2.24, 2.45) is 0 Å². The van der Waals surface area contributed by atoms with Crippen molar-refractivity contribution < 1.29 is 9.90 Å². The van der Waals surface area contributed by atoms with E-state index in [4.69, 9.17) is 5.11 Å². The predicted octanol–water partition coefficient (Wildman–Crippen LogP) is 2.55. The summed E-state index contributed by atoms with van der Waals surface area (Å²) < 4.78 is 0. The van der Waals surface area contributed by atoms with Gasteiger partial charge in [0.1, 0.15) is 0 Å². The molecule has 0 aliphatic heterocycles. The fraction of sp³-hybridized carbons (Fsp3) is 0.562. The number of carbonyl (C=O) groups excluding carboxylic acids is 1. The minimum atomic E-state index is 0.0416. The van der Waals surface area contributed by atoms with E-state index in [1.165, 1.54) is 11.1 Å². The quantitative estimate of drug-likeness (QED) is 0.783. The molecule has 0 saturated heterocycles. The van der Waals surface area contributed by atoms with Gasteiger partial charge in [-0.15, -0.1) is 0 Å². The molecule has 0 aliphatic carbocycles. The number of amides is 1. The first-order chi connectivity index (χ1) is 9.17. The lowest BCUT2D eigenvalue weighted by molar-refractivity contribution is -0.131. The van der Waals surface area contributed by atoms with Gasteiger partial charge in [0.2, 0.25) is 5.91 Å². The minimum absolute atomic E-state index is 0.0416. The van der Waals surface area contributed by atoms with Gasteiger partial charge in [0.15, 0.2) is 0 Å². The first kappa shape index (κ1) is 15.7. The van der Waals surface area contributed by atoms with E-state index >= 15 is 0 Å². The number of aryl methyl sites for hydroxylation is 2. The van der Waals surface area contributed by atoms with E-state index in [0.717, 1.165) is 25.8 Å². The maximum atomic E-state index is 12.1. The van der Waals surface area contributed by atoms with E-state index in [9.17, 15) is 4.79 Å². The summed E-state index contributed by atoms with van der Waals surface area (Å²) in [6.07, 6.45) is 3.35. The number of nitrogens with zero attached hydrogens (tertiary/aromatic N) is 1. The molecule has 1 amide bonds. The molecule has 19 heavy (non-hydrogen) atoms. The molecule has 1 aromatic rings. The van der Waals surface area contributed by atoms with Crippen LogP contribution in [0.1, 0.15) is 37.3 Å². The molecule has 0 saturated carbocycles. The average Bonchev–Trinajstić information content (AvgIpc) is 2.41. The van der Waals surface area contributed by atoms with Gasteiger partial charge in [-0.3, -0.25) is 4.79 Å². The van der Waals surface area contributed by atoms with Crippen LogP contribution < -0.4 is 0 Å². The molecule has 1 rings (SSSR count). The number of aliphatic hydroxyl groups is 1. The van der Waals surface area contributed by atoms with E-state index in [0.29, 0.717) is 13.0 Å². The van der Waals surface area contributed by atoms with Gasteiger partial charge in [0, 0.05) is 19.5 Å². The second-order valence-electron chi connectivity index (χ2n) is 4.95. The Labute approximate surface area is 116 Å². The second-order valence-corrected chi connectivity index (χ2v) is 4.95. The van der Waals surface area contributed by atoms with Gasteiger partial charge in [-0.2, -0.15) is 0 Å². The third-order valence-electron chi connectivity index (χ3n) is 3.21. The summed E-state index contributed by atoms with van der Waals surface area (Å²) in [5, 5.41) is 9.01. The van der Waals surface area contributed by atoms with Crippen molar-refractivity contribution in [3.63, 3.8) is 0 Å². The number of hydrogen-bond donors (Lipinski definition) is 1. The lowest BCUT2D eigenvalue weighted by Crippen LogP contribution is -2.34. The Kier molecular flexibility index (Phi) is 7.19. The zero-order valence-corrected chi connectivity index (χ0v) is 12.1. The van der Waals surface area contributed by atoms with Crippen molar-refractivity contribution >= 4 is 5.91 Å². The number of aliphatic hydroxyl groups excluding tert-OH is 1. The van der Waals surface area contributed by atoms with Crippen molar-refractivity contribution in [1.29, 1.82) is 0 Å². The molecule has 0 aromatic heterocycles. The molecular formula is C16H25NO2. The standard InChI is InChI=1S/C16H25NO2/c1-3-4-10-17(11-12-18)16(19)9-8-15-7-5-6-14(2)13-15/h5-7,13,18H,3-4,8-12H2,1-2H3. The molecule has 106 valence electrons. The molecule has 0 atom stereocenters. The first-order valence-corrected chi connectivity index (χ1v) is 7.11. The summed E-state index contributed by atoms with van der Waals surface area (Å²) in [6, 6.07) is 8.26. The summed E-state index contributed by atoms with van der Waals surface area (Å²) >= 11 is 0. The fourth-order valence-corrected chi connectivity index (χ4v) is 2.11. The van der Waals surface area contributed by atoms with Gasteiger partial charge in [0.05, 0.1) is 6.61 Å². The SMILES string of the molecule is CCCCN(CCO)C(=O)CCc1cccc(C)c1. The minimum Gasteiger partial charge on any atom is -0.395 e. The zero-order valence-electron chi connectivity index (χ0n) is 12.1. The van der Waals surface area contributed by atoms with Crippen molar-refractivity contribution in [3.8, 4) is 0 Å². The Morgan fingerprint density at radius 1 is 1.32 bits per heavy atom. The Hall–Kier alpha value is -1.35. The summed E-state index contributed by atoms with van der Waals surface area (Å²) in [6.45, 7) is 5.41. The number of unbranched alkanes of at least 4 members (excludes halogenated alkanes) is 1. The highest BCUT2D eigenvalue weighted by molar-refractivity contribution is 5.76. The highest BCUT2D eigenvalue weighted by Gasteiger charge is 2.12. The smallest absolute Gasteiger partial charge is 0.222 e. The molecule has 0 heterocycles. The maximum Gasteiger partial charge on any atom is 0.222 e. The van der Waals surface area contributed by atoms with Crippen LogP contribution in [0.5, 0.6) is 0 Å². The third-order valence-corrected chi connectivity index (χ3v) is 3.21. The number of rotatable bonds is 8. The monoisotopic (exact) mass is 263 g/mol. The summed E-state index contributed by atoms with van der Waals surface area (Å²) in [5.74, 6) is 0.143. The van der Waals surface area contributed by atoms with Crippen LogP contribution in [-0.4, -0.2) is 35.6 Å². The summed E-state index contributed by atoms with van der Waals surface area (Å²) in [7, 11) is 0. The zero-order chi connectivity index (χ0) is 14.1. The molecular weight excluding hydrogens is 238 g/mol. The van der Waals surface area contributed by atoms with E-state index in [2.05, 4.69) is 32.0 Å². The normalized spacial score (nSPS) is 10.5. The average molecular weight is 263 g/mol. The predicted molar refractivity (Wildman–Crippen MR) is 78.1 cm³/mol. The van der Waals surface area contributed by atoms with Gasteiger partial charge < -0.3 is 10.0 Å². The largest absolute Gasteiger partial charge is 0.395 e. The molecule has 0 bridgehead atoms. The molecule has 0 aliphatic rings. The van der Waals surface area contributed by atoms with E-state index in [-0.39, 0.29) is 12.5 Å². The molecule has 0 radical (unpaired) electrons. The van der Waals surface area contributed by atoms with Crippen LogP contribution >= 0.6 is 0 Å². The number of hydrogen-bond acceptors (Lipinski definition) is 2. The van der Waals surface area contributed by atoms with Crippen LogP contribution in [0.3, 0.4) is 0 Å².